The third-order valence-electron chi connectivity index (χ3n) is 3.73. The van der Waals surface area contributed by atoms with Crippen LogP contribution in [0.2, 0.25) is 0 Å². The maximum Gasteiger partial charge on any atom is 0.273 e. The van der Waals surface area contributed by atoms with E-state index >= 15 is 0 Å². The van der Waals surface area contributed by atoms with Gasteiger partial charge in [0.15, 0.2) is 0 Å². The number of rotatable bonds is 2. The second kappa shape index (κ2) is 3.05. The van der Waals surface area contributed by atoms with E-state index in [0.717, 1.165) is 17.5 Å². The highest BCUT2D eigenvalue weighted by atomic mass is 16.6. The van der Waals surface area contributed by atoms with Crippen LogP contribution in [0.1, 0.15) is 31.9 Å². The van der Waals surface area contributed by atoms with Crippen LogP contribution < -0.4 is 0 Å². The quantitative estimate of drug-likeness (QED) is 0.550. The van der Waals surface area contributed by atoms with Gasteiger partial charge < -0.3 is 0 Å². The Morgan fingerprint density at radius 2 is 2.13 bits per heavy atom. The standard InChI is InChI=1S/C12H15NO2/c1-8(2)12(3)7-9-5-4-6-10(11(9)12)13(14)15/h4-6,8H,7H2,1-3H3. The number of hydrogen-bond acceptors (Lipinski definition) is 2. The molecular formula is C12H15NO2. The van der Waals surface area contributed by atoms with Gasteiger partial charge in [0.05, 0.1) is 4.92 Å². The minimum atomic E-state index is -0.265. The first-order valence-corrected chi connectivity index (χ1v) is 5.23. The molecule has 0 amide bonds. The molecule has 1 aromatic rings. The summed E-state index contributed by atoms with van der Waals surface area (Å²) in [6.07, 6.45) is 0.960. The first-order chi connectivity index (χ1) is 6.97. The predicted octanol–water partition coefficient (Wildman–Crippen LogP) is 3.06. The van der Waals surface area contributed by atoms with Crippen LogP contribution >= 0.6 is 0 Å². The summed E-state index contributed by atoms with van der Waals surface area (Å²) in [5.41, 5.74) is 2.36. The molecule has 0 aliphatic heterocycles. The normalized spacial score (nSPS) is 23.5. The molecular weight excluding hydrogens is 190 g/mol. The van der Waals surface area contributed by atoms with Crippen LogP contribution in [0.4, 0.5) is 5.69 Å². The predicted molar refractivity (Wildman–Crippen MR) is 59.0 cm³/mol. The molecule has 1 unspecified atom stereocenters. The van der Waals surface area contributed by atoms with Gasteiger partial charge in [0.2, 0.25) is 0 Å². The van der Waals surface area contributed by atoms with Crippen LogP contribution in [0, 0.1) is 16.0 Å². The molecule has 0 N–H and O–H groups in total. The fourth-order valence-electron chi connectivity index (χ4n) is 2.42. The average Bonchev–Trinajstić information content (AvgIpc) is 2.14. The highest BCUT2D eigenvalue weighted by Gasteiger charge is 2.45. The van der Waals surface area contributed by atoms with E-state index in [2.05, 4.69) is 20.8 Å². The Labute approximate surface area is 89.3 Å². The summed E-state index contributed by atoms with van der Waals surface area (Å²) in [6.45, 7) is 6.37. The van der Waals surface area contributed by atoms with Crippen molar-refractivity contribution in [3.63, 3.8) is 0 Å². The Morgan fingerprint density at radius 3 is 2.67 bits per heavy atom. The second-order valence-corrected chi connectivity index (χ2v) is 4.82. The lowest BCUT2D eigenvalue weighted by Gasteiger charge is -2.43. The van der Waals surface area contributed by atoms with Gasteiger partial charge in [-0.25, -0.2) is 0 Å². The zero-order valence-electron chi connectivity index (χ0n) is 9.28. The molecule has 1 atom stereocenters. The summed E-state index contributed by atoms with van der Waals surface area (Å²) >= 11 is 0. The number of nitrogens with zero attached hydrogens (tertiary/aromatic N) is 1. The van der Waals surface area contributed by atoms with Crippen molar-refractivity contribution >= 4 is 5.69 Å². The molecule has 0 saturated carbocycles. The molecule has 0 saturated heterocycles. The summed E-state index contributed by atoms with van der Waals surface area (Å²) in [5.74, 6) is 0.436. The number of fused-ring (bicyclic) bond motifs is 1. The lowest BCUT2D eigenvalue weighted by molar-refractivity contribution is -0.386. The number of nitro groups is 1. The Hall–Kier alpha value is -1.38. The van der Waals surface area contributed by atoms with Crippen LogP contribution in [0.15, 0.2) is 18.2 Å². The van der Waals surface area contributed by atoms with Crippen molar-refractivity contribution in [2.45, 2.75) is 32.6 Å². The molecule has 1 aliphatic carbocycles. The first-order valence-electron chi connectivity index (χ1n) is 5.23. The van der Waals surface area contributed by atoms with Crippen molar-refractivity contribution in [1.29, 1.82) is 0 Å². The van der Waals surface area contributed by atoms with E-state index in [0.29, 0.717) is 5.92 Å². The van der Waals surface area contributed by atoms with Gasteiger partial charge in [-0.1, -0.05) is 32.9 Å². The molecule has 1 aromatic carbocycles. The summed E-state index contributed by atoms with van der Waals surface area (Å²) < 4.78 is 0. The van der Waals surface area contributed by atoms with Crippen molar-refractivity contribution < 1.29 is 4.92 Å². The Balaban J connectivity index is 2.57. The SMILES string of the molecule is CC(C)C1(C)Cc2cccc([N+](=O)[O-])c21. The van der Waals surface area contributed by atoms with E-state index < -0.39 is 0 Å². The van der Waals surface area contributed by atoms with E-state index in [-0.39, 0.29) is 16.0 Å². The van der Waals surface area contributed by atoms with E-state index in [1.807, 2.05) is 6.07 Å². The number of benzene rings is 1. The molecule has 80 valence electrons. The molecule has 0 heterocycles. The molecule has 0 spiro atoms. The smallest absolute Gasteiger partial charge is 0.258 e. The third kappa shape index (κ3) is 1.26. The molecule has 3 nitrogen and oxygen atoms in total. The van der Waals surface area contributed by atoms with Crippen LogP contribution in [-0.2, 0) is 11.8 Å². The summed E-state index contributed by atoms with van der Waals surface area (Å²) in [7, 11) is 0. The average molecular weight is 205 g/mol. The van der Waals surface area contributed by atoms with Crippen LogP contribution in [0.5, 0.6) is 0 Å². The van der Waals surface area contributed by atoms with Crippen LogP contribution in [0.25, 0.3) is 0 Å². The van der Waals surface area contributed by atoms with Gasteiger partial charge in [0.25, 0.3) is 5.69 Å². The molecule has 1 aliphatic rings. The lowest BCUT2D eigenvalue weighted by atomic mass is 9.59. The topological polar surface area (TPSA) is 43.1 Å². The summed E-state index contributed by atoms with van der Waals surface area (Å²) in [5, 5.41) is 10.9. The minimum absolute atomic E-state index is 0.0149. The lowest BCUT2D eigenvalue weighted by Crippen LogP contribution is -2.41. The van der Waals surface area contributed by atoms with Crippen molar-refractivity contribution in [3.8, 4) is 0 Å². The van der Waals surface area contributed by atoms with E-state index in [1.54, 1.807) is 12.1 Å². The molecule has 2 rings (SSSR count). The number of nitro benzene ring substituents is 1. The molecule has 0 aromatic heterocycles. The summed E-state index contributed by atoms with van der Waals surface area (Å²) in [6, 6.07) is 5.38. The third-order valence-corrected chi connectivity index (χ3v) is 3.73. The zero-order chi connectivity index (χ0) is 11.2. The fraction of sp³-hybridized carbons (Fsp3) is 0.500. The van der Waals surface area contributed by atoms with Gasteiger partial charge in [-0.2, -0.15) is 0 Å². The summed E-state index contributed by atoms with van der Waals surface area (Å²) in [4.78, 5) is 10.7. The Bertz CT molecular complexity index is 426. The molecule has 15 heavy (non-hydrogen) atoms. The highest BCUT2D eigenvalue weighted by molar-refractivity contribution is 5.57. The number of hydrogen-bond donors (Lipinski definition) is 0. The van der Waals surface area contributed by atoms with Gasteiger partial charge in [-0.3, -0.25) is 10.1 Å². The van der Waals surface area contributed by atoms with Gasteiger partial charge in [-0.15, -0.1) is 0 Å². The minimum Gasteiger partial charge on any atom is -0.258 e. The Kier molecular flexibility index (Phi) is 2.07. The van der Waals surface area contributed by atoms with Crippen molar-refractivity contribution in [2.75, 3.05) is 0 Å². The van der Waals surface area contributed by atoms with Gasteiger partial charge in [-0.05, 0) is 17.9 Å². The fourth-order valence-corrected chi connectivity index (χ4v) is 2.42. The van der Waals surface area contributed by atoms with Crippen LogP contribution in [0.3, 0.4) is 0 Å². The van der Waals surface area contributed by atoms with Crippen molar-refractivity contribution in [1.82, 2.24) is 0 Å². The largest absolute Gasteiger partial charge is 0.273 e. The molecule has 0 bridgehead atoms. The molecule has 0 fully saturated rings. The highest BCUT2D eigenvalue weighted by Crippen LogP contribution is 2.50. The molecule has 0 radical (unpaired) electrons. The first kappa shape index (κ1) is 10.1. The molecule has 3 heteroatoms. The zero-order valence-corrected chi connectivity index (χ0v) is 9.28. The van der Waals surface area contributed by atoms with Crippen molar-refractivity contribution in [3.05, 3.63) is 39.4 Å². The van der Waals surface area contributed by atoms with E-state index in [1.165, 1.54) is 0 Å². The van der Waals surface area contributed by atoms with Gasteiger partial charge >= 0.3 is 0 Å². The monoisotopic (exact) mass is 205 g/mol. The van der Waals surface area contributed by atoms with E-state index in [4.69, 9.17) is 0 Å². The maximum atomic E-state index is 10.9. The van der Waals surface area contributed by atoms with Gasteiger partial charge in [0, 0.05) is 17.0 Å². The van der Waals surface area contributed by atoms with Gasteiger partial charge in [0.1, 0.15) is 0 Å². The van der Waals surface area contributed by atoms with Crippen LogP contribution in [-0.4, -0.2) is 4.92 Å². The Morgan fingerprint density at radius 1 is 1.47 bits per heavy atom. The second-order valence-electron chi connectivity index (χ2n) is 4.82. The maximum absolute atomic E-state index is 10.9. The van der Waals surface area contributed by atoms with Crippen molar-refractivity contribution in [2.24, 2.45) is 5.92 Å². The van der Waals surface area contributed by atoms with E-state index in [9.17, 15) is 10.1 Å².